The van der Waals surface area contributed by atoms with Crippen molar-refractivity contribution < 1.29 is 9.90 Å². The number of aliphatic hydroxyl groups excluding tert-OH is 1. The Kier molecular flexibility index (Phi) is 5.67. The number of hydrogen-bond donors (Lipinski definition) is 2. The summed E-state index contributed by atoms with van der Waals surface area (Å²) in [6.07, 6.45) is 5.24. The molecule has 128 valence electrons. The first-order chi connectivity index (χ1) is 11.2. The number of rotatable bonds is 7. The maximum atomic E-state index is 11.9. The maximum absolute atomic E-state index is 11.9. The topological polar surface area (TPSA) is 65.5 Å². The summed E-state index contributed by atoms with van der Waals surface area (Å²) in [4.78, 5) is 19.0. The average Bonchev–Trinajstić information content (AvgIpc) is 3.26. The van der Waals surface area contributed by atoms with Crippen molar-refractivity contribution in [2.24, 2.45) is 5.92 Å². The summed E-state index contributed by atoms with van der Waals surface area (Å²) in [5.74, 6) is -0.0780. The molecule has 3 rings (SSSR count). The van der Waals surface area contributed by atoms with Gasteiger partial charge in [-0.05, 0) is 57.5 Å². The predicted octanol–water partition coefficient (Wildman–Crippen LogP) is 1.95. The predicted molar refractivity (Wildman–Crippen MR) is 91.3 cm³/mol. The van der Waals surface area contributed by atoms with Crippen molar-refractivity contribution in [1.29, 1.82) is 0 Å². The van der Waals surface area contributed by atoms with Crippen LogP contribution < -0.4 is 5.32 Å². The quantitative estimate of drug-likeness (QED) is 0.798. The Labute approximate surface area is 142 Å². The first kappa shape index (κ1) is 16.9. The van der Waals surface area contributed by atoms with Crippen molar-refractivity contribution in [3.8, 4) is 0 Å². The highest BCUT2D eigenvalue weighted by Gasteiger charge is 2.33. The van der Waals surface area contributed by atoms with E-state index in [1.807, 2.05) is 0 Å². The van der Waals surface area contributed by atoms with E-state index in [1.54, 1.807) is 11.3 Å². The van der Waals surface area contributed by atoms with Gasteiger partial charge < -0.3 is 10.4 Å². The molecule has 1 atom stereocenters. The highest BCUT2D eigenvalue weighted by atomic mass is 32.1. The van der Waals surface area contributed by atoms with Gasteiger partial charge in [0.05, 0.1) is 10.7 Å². The number of aryl methyl sites for hydroxylation is 1. The summed E-state index contributed by atoms with van der Waals surface area (Å²) in [6, 6.07) is 0.319. The van der Waals surface area contributed by atoms with E-state index in [-0.39, 0.29) is 11.8 Å². The number of likely N-dealkylation sites (tertiary alicyclic amines) is 1. The molecule has 0 unspecified atom stereocenters. The molecule has 0 spiro atoms. The van der Waals surface area contributed by atoms with E-state index in [1.165, 1.54) is 5.01 Å². The third-order valence-corrected chi connectivity index (χ3v) is 5.68. The zero-order valence-corrected chi connectivity index (χ0v) is 14.6. The minimum atomic E-state index is -0.840. The molecule has 2 heterocycles. The molecular formula is C17H27N3O2S. The number of aromatic nitrogens is 1. The number of amides is 1. The van der Waals surface area contributed by atoms with Crippen molar-refractivity contribution >= 4 is 17.2 Å². The van der Waals surface area contributed by atoms with Crippen LogP contribution in [0.1, 0.15) is 49.7 Å². The molecule has 1 aliphatic carbocycles. The van der Waals surface area contributed by atoms with Gasteiger partial charge in [-0.3, -0.25) is 9.69 Å². The number of thiazole rings is 1. The second kappa shape index (κ2) is 7.73. The Morgan fingerprint density at radius 2 is 2.17 bits per heavy atom. The SMILES string of the molecule is CCCc1nc(CN2CCC([C@@H](O)C(=O)NC3CC3)CC2)cs1. The van der Waals surface area contributed by atoms with Gasteiger partial charge in [0, 0.05) is 18.0 Å². The fourth-order valence-corrected chi connectivity index (χ4v) is 4.03. The van der Waals surface area contributed by atoms with E-state index in [4.69, 9.17) is 0 Å². The van der Waals surface area contributed by atoms with E-state index < -0.39 is 6.10 Å². The van der Waals surface area contributed by atoms with Gasteiger partial charge in [-0.25, -0.2) is 4.98 Å². The molecule has 1 saturated heterocycles. The normalized spacial score (nSPS) is 21.3. The Balaban J connectivity index is 1.42. The summed E-state index contributed by atoms with van der Waals surface area (Å²) in [5, 5.41) is 16.5. The monoisotopic (exact) mass is 337 g/mol. The third-order valence-electron chi connectivity index (χ3n) is 4.72. The van der Waals surface area contributed by atoms with Gasteiger partial charge in [0.15, 0.2) is 0 Å². The summed E-state index contributed by atoms with van der Waals surface area (Å²) in [6.45, 7) is 4.92. The zero-order valence-electron chi connectivity index (χ0n) is 13.8. The molecule has 1 saturated carbocycles. The molecule has 0 radical (unpaired) electrons. The Hall–Kier alpha value is -0.980. The number of piperidine rings is 1. The lowest BCUT2D eigenvalue weighted by atomic mass is 9.90. The van der Waals surface area contributed by atoms with E-state index >= 15 is 0 Å². The van der Waals surface area contributed by atoms with Gasteiger partial charge >= 0.3 is 0 Å². The summed E-state index contributed by atoms with van der Waals surface area (Å²) >= 11 is 1.75. The van der Waals surface area contributed by atoms with Crippen LogP contribution in [0.25, 0.3) is 0 Å². The molecule has 2 N–H and O–H groups in total. The van der Waals surface area contributed by atoms with Crippen LogP contribution in [0.3, 0.4) is 0 Å². The minimum Gasteiger partial charge on any atom is -0.383 e. The molecule has 1 aliphatic heterocycles. The van der Waals surface area contributed by atoms with E-state index in [2.05, 4.69) is 27.5 Å². The van der Waals surface area contributed by atoms with E-state index in [0.717, 1.165) is 63.9 Å². The number of aliphatic hydroxyl groups is 1. The van der Waals surface area contributed by atoms with E-state index in [9.17, 15) is 9.90 Å². The maximum Gasteiger partial charge on any atom is 0.249 e. The second-order valence-corrected chi connectivity index (χ2v) is 7.77. The highest BCUT2D eigenvalue weighted by molar-refractivity contribution is 7.09. The standard InChI is InChI=1S/C17H27N3O2S/c1-2-3-15-18-14(11-23-15)10-20-8-6-12(7-9-20)16(21)17(22)19-13-4-5-13/h11-13,16,21H,2-10H2,1H3,(H,19,22)/t16-/m1/s1. The Morgan fingerprint density at radius 1 is 1.43 bits per heavy atom. The van der Waals surface area contributed by atoms with Crippen LogP contribution in [-0.4, -0.2) is 46.1 Å². The van der Waals surface area contributed by atoms with Gasteiger partial charge in [0.1, 0.15) is 6.10 Å². The largest absolute Gasteiger partial charge is 0.383 e. The molecule has 1 aromatic rings. The van der Waals surface area contributed by atoms with Gasteiger partial charge in [-0.2, -0.15) is 0 Å². The number of carbonyl (C=O) groups excluding carboxylic acids is 1. The number of nitrogens with one attached hydrogen (secondary N) is 1. The molecule has 1 aromatic heterocycles. The highest BCUT2D eigenvalue weighted by Crippen LogP contribution is 2.24. The molecular weight excluding hydrogens is 310 g/mol. The van der Waals surface area contributed by atoms with Crippen LogP contribution in [0.2, 0.25) is 0 Å². The van der Waals surface area contributed by atoms with Crippen LogP contribution in [-0.2, 0) is 17.8 Å². The Bertz CT molecular complexity index is 522. The lowest BCUT2D eigenvalue weighted by Crippen LogP contribution is -2.44. The number of carbonyl (C=O) groups is 1. The number of nitrogens with zero attached hydrogens (tertiary/aromatic N) is 2. The molecule has 2 fully saturated rings. The van der Waals surface area contributed by atoms with E-state index in [0.29, 0.717) is 6.04 Å². The fraction of sp³-hybridized carbons (Fsp3) is 0.765. The molecule has 23 heavy (non-hydrogen) atoms. The van der Waals surface area contributed by atoms with Crippen molar-refractivity contribution in [2.45, 2.75) is 64.1 Å². The van der Waals surface area contributed by atoms with Crippen LogP contribution in [0.5, 0.6) is 0 Å². The fourth-order valence-electron chi connectivity index (χ4n) is 3.13. The summed E-state index contributed by atoms with van der Waals surface area (Å²) in [5.41, 5.74) is 1.16. The Morgan fingerprint density at radius 3 is 2.83 bits per heavy atom. The lowest BCUT2D eigenvalue weighted by molar-refractivity contribution is -0.133. The summed E-state index contributed by atoms with van der Waals surface area (Å²) in [7, 11) is 0. The molecule has 1 amide bonds. The van der Waals surface area contributed by atoms with Crippen LogP contribution in [0.15, 0.2) is 5.38 Å². The molecule has 6 heteroatoms. The van der Waals surface area contributed by atoms with Crippen LogP contribution in [0.4, 0.5) is 0 Å². The van der Waals surface area contributed by atoms with Crippen LogP contribution >= 0.6 is 11.3 Å². The number of hydrogen-bond acceptors (Lipinski definition) is 5. The molecule has 0 bridgehead atoms. The van der Waals surface area contributed by atoms with Gasteiger partial charge in [-0.15, -0.1) is 11.3 Å². The van der Waals surface area contributed by atoms with Crippen molar-refractivity contribution in [1.82, 2.24) is 15.2 Å². The zero-order chi connectivity index (χ0) is 16.2. The average molecular weight is 337 g/mol. The van der Waals surface area contributed by atoms with Crippen LogP contribution in [0, 0.1) is 5.92 Å². The van der Waals surface area contributed by atoms with Crippen molar-refractivity contribution in [3.63, 3.8) is 0 Å². The van der Waals surface area contributed by atoms with Gasteiger partial charge in [-0.1, -0.05) is 6.92 Å². The first-order valence-corrected chi connectivity index (χ1v) is 9.67. The van der Waals surface area contributed by atoms with Gasteiger partial charge in [0.2, 0.25) is 5.91 Å². The minimum absolute atomic E-state index is 0.0936. The van der Waals surface area contributed by atoms with Crippen molar-refractivity contribution in [3.05, 3.63) is 16.1 Å². The first-order valence-electron chi connectivity index (χ1n) is 8.79. The third kappa shape index (κ3) is 4.75. The van der Waals surface area contributed by atoms with Gasteiger partial charge in [0.25, 0.3) is 0 Å². The van der Waals surface area contributed by atoms with Crippen molar-refractivity contribution in [2.75, 3.05) is 13.1 Å². The smallest absolute Gasteiger partial charge is 0.249 e. The summed E-state index contributed by atoms with van der Waals surface area (Å²) < 4.78 is 0. The molecule has 2 aliphatic rings. The second-order valence-electron chi connectivity index (χ2n) is 6.82. The lowest BCUT2D eigenvalue weighted by Gasteiger charge is -2.33. The molecule has 0 aromatic carbocycles. The molecule has 5 nitrogen and oxygen atoms in total.